The van der Waals surface area contributed by atoms with Gasteiger partial charge in [-0.1, -0.05) is 38.1 Å². The van der Waals surface area contributed by atoms with Gasteiger partial charge in [0.25, 0.3) is 0 Å². The van der Waals surface area contributed by atoms with Crippen molar-refractivity contribution < 1.29 is 18.4 Å². The summed E-state index contributed by atoms with van der Waals surface area (Å²) in [5, 5.41) is 0. The normalized spacial score (nSPS) is 13.0. The Morgan fingerprint density at radius 2 is 0.875 bits per heavy atom. The molecule has 0 radical (unpaired) electrons. The van der Waals surface area contributed by atoms with Crippen molar-refractivity contribution >= 4 is 11.1 Å². The zero-order valence-electron chi connectivity index (χ0n) is 21.6. The lowest BCUT2D eigenvalue weighted by Crippen LogP contribution is -2.38. The van der Waals surface area contributed by atoms with Crippen molar-refractivity contribution in [2.75, 3.05) is 68.6 Å². The topological polar surface area (TPSA) is 18.5 Å². The minimum absolute atomic E-state index is 0.725. The number of likely N-dealkylation sites (N-methyl/N-ethyl adjacent to an activating group) is 2. The first kappa shape index (κ1) is 26.0. The van der Waals surface area contributed by atoms with Gasteiger partial charge < -0.3 is 18.4 Å². The van der Waals surface area contributed by atoms with Gasteiger partial charge in [-0.05, 0) is 59.4 Å². The van der Waals surface area contributed by atoms with Crippen molar-refractivity contribution in [2.24, 2.45) is 0 Å². The quantitative estimate of drug-likeness (QED) is 0.316. The largest absolute Gasteiger partial charge is 0.488 e. The number of ether oxygens (including phenoxy) is 2. The maximum atomic E-state index is 5.94. The molecule has 0 fully saturated rings. The monoisotopic (exact) mass is 440 g/mol. The molecule has 2 aromatic rings. The van der Waals surface area contributed by atoms with E-state index < -0.39 is 0 Å². The predicted octanol–water partition coefficient (Wildman–Crippen LogP) is 5.59. The minimum atomic E-state index is 0.725. The first-order valence-electron chi connectivity index (χ1n) is 11.8. The van der Waals surface area contributed by atoms with Gasteiger partial charge in [0.15, 0.2) is 0 Å². The van der Waals surface area contributed by atoms with Crippen molar-refractivity contribution in [1.82, 2.24) is 0 Å². The zero-order chi connectivity index (χ0) is 23.8. The first-order chi connectivity index (χ1) is 15.0. The molecule has 0 unspecified atom stereocenters. The van der Waals surface area contributed by atoms with E-state index in [0.717, 1.165) is 59.6 Å². The minimum Gasteiger partial charge on any atom is -0.488 e. The van der Waals surface area contributed by atoms with Crippen LogP contribution in [0.25, 0.3) is 11.1 Å². The van der Waals surface area contributed by atoms with Crippen molar-refractivity contribution in [2.45, 2.75) is 26.7 Å². The summed E-state index contributed by atoms with van der Waals surface area (Å²) in [7, 11) is 13.1. The number of nitrogens with zero attached hydrogens (tertiary/aromatic N) is 2. The molecule has 176 valence electrons. The summed E-state index contributed by atoms with van der Waals surface area (Å²) < 4.78 is 13.7. The Balaban J connectivity index is 2.13. The van der Waals surface area contributed by atoms with Crippen molar-refractivity contribution in [3.63, 3.8) is 0 Å². The standard InChI is InChI=1S/C28H44N2O2/c1-9-27(23-11-15-25(16-12-23)31-21-19-29(3,4)5)28(10-2)24-13-17-26(18-14-24)32-22-20-30(6,7)8/h11-18H,9-10,19-22H2,1-8H3/q+2/b28-27-. The molecular weight excluding hydrogens is 396 g/mol. The Labute approximate surface area is 196 Å². The van der Waals surface area contributed by atoms with E-state index >= 15 is 0 Å². The fourth-order valence-corrected chi connectivity index (χ4v) is 3.56. The summed E-state index contributed by atoms with van der Waals surface area (Å²) in [4.78, 5) is 0. The third kappa shape index (κ3) is 8.68. The van der Waals surface area contributed by atoms with Crippen LogP contribution in [0, 0.1) is 0 Å². The fraction of sp³-hybridized carbons (Fsp3) is 0.500. The average molecular weight is 441 g/mol. The second-order valence-corrected chi connectivity index (χ2v) is 10.4. The van der Waals surface area contributed by atoms with Gasteiger partial charge >= 0.3 is 0 Å². The summed E-state index contributed by atoms with van der Waals surface area (Å²) in [5.41, 5.74) is 5.33. The molecule has 0 saturated carbocycles. The van der Waals surface area contributed by atoms with E-state index in [1.54, 1.807) is 0 Å². The van der Waals surface area contributed by atoms with Crippen molar-refractivity contribution in [3.8, 4) is 11.5 Å². The molecule has 2 aromatic carbocycles. The Bertz CT molecular complexity index is 781. The third-order valence-corrected chi connectivity index (χ3v) is 5.54. The van der Waals surface area contributed by atoms with Gasteiger partial charge in [0, 0.05) is 0 Å². The highest BCUT2D eigenvalue weighted by Crippen LogP contribution is 2.33. The predicted molar refractivity (Wildman–Crippen MR) is 137 cm³/mol. The summed E-state index contributed by atoms with van der Waals surface area (Å²) in [5.74, 6) is 1.87. The van der Waals surface area contributed by atoms with Gasteiger partial charge in [-0.25, -0.2) is 0 Å². The Morgan fingerprint density at radius 3 is 1.12 bits per heavy atom. The molecule has 0 saturated heterocycles. The van der Waals surface area contributed by atoms with E-state index in [9.17, 15) is 0 Å². The van der Waals surface area contributed by atoms with E-state index in [-0.39, 0.29) is 0 Å². The van der Waals surface area contributed by atoms with Crippen LogP contribution in [-0.4, -0.2) is 77.6 Å². The molecule has 0 aromatic heterocycles. The molecule has 0 bridgehead atoms. The maximum absolute atomic E-state index is 5.94. The molecular formula is C28H44N2O2+2. The number of allylic oxidation sites excluding steroid dienone is 2. The summed E-state index contributed by atoms with van der Waals surface area (Å²) in [6.45, 7) is 7.89. The summed E-state index contributed by atoms with van der Waals surface area (Å²) in [6.07, 6.45) is 1.99. The highest BCUT2D eigenvalue weighted by molar-refractivity contribution is 5.90. The van der Waals surface area contributed by atoms with Crippen LogP contribution in [0.5, 0.6) is 11.5 Å². The number of hydrogen-bond donors (Lipinski definition) is 0. The number of hydrogen-bond acceptors (Lipinski definition) is 2. The SMILES string of the molecule is CC/C(=C(\CC)c1ccc(OCC[N+](C)(C)C)cc1)c1ccc(OCC[N+](C)(C)C)cc1. The molecule has 0 atom stereocenters. The Morgan fingerprint density at radius 1 is 0.562 bits per heavy atom. The van der Waals surface area contributed by atoms with E-state index in [2.05, 4.69) is 105 Å². The number of rotatable bonds is 12. The Hall–Kier alpha value is -2.30. The highest BCUT2D eigenvalue weighted by Gasteiger charge is 2.11. The summed E-state index contributed by atoms with van der Waals surface area (Å²) >= 11 is 0. The van der Waals surface area contributed by atoms with Crippen LogP contribution in [0.4, 0.5) is 0 Å². The van der Waals surface area contributed by atoms with Gasteiger partial charge in [0.1, 0.15) is 37.8 Å². The van der Waals surface area contributed by atoms with E-state index in [1.165, 1.54) is 22.3 Å². The fourth-order valence-electron chi connectivity index (χ4n) is 3.56. The molecule has 0 aliphatic rings. The highest BCUT2D eigenvalue weighted by atomic mass is 16.5. The lowest BCUT2D eigenvalue weighted by molar-refractivity contribution is -0.870. The van der Waals surface area contributed by atoms with Crippen molar-refractivity contribution in [3.05, 3.63) is 59.7 Å². The third-order valence-electron chi connectivity index (χ3n) is 5.54. The zero-order valence-corrected chi connectivity index (χ0v) is 21.6. The van der Waals surface area contributed by atoms with E-state index in [4.69, 9.17) is 9.47 Å². The van der Waals surface area contributed by atoms with Gasteiger partial charge in [0.2, 0.25) is 0 Å². The molecule has 0 aliphatic carbocycles. The molecule has 4 nitrogen and oxygen atoms in total. The molecule has 2 rings (SSSR count). The van der Waals surface area contributed by atoms with Gasteiger partial charge in [-0.2, -0.15) is 0 Å². The van der Waals surface area contributed by atoms with Crippen LogP contribution in [0.2, 0.25) is 0 Å². The molecule has 0 heterocycles. The lowest BCUT2D eigenvalue weighted by Gasteiger charge is -2.23. The van der Waals surface area contributed by atoms with Crippen LogP contribution in [-0.2, 0) is 0 Å². The van der Waals surface area contributed by atoms with Crippen LogP contribution >= 0.6 is 0 Å². The van der Waals surface area contributed by atoms with Crippen LogP contribution in [0.1, 0.15) is 37.8 Å². The maximum Gasteiger partial charge on any atom is 0.137 e. The average Bonchev–Trinajstić information content (AvgIpc) is 2.71. The van der Waals surface area contributed by atoms with E-state index in [1.807, 2.05) is 0 Å². The van der Waals surface area contributed by atoms with Crippen LogP contribution in [0.3, 0.4) is 0 Å². The molecule has 0 aliphatic heterocycles. The van der Waals surface area contributed by atoms with E-state index in [0.29, 0.717) is 0 Å². The van der Waals surface area contributed by atoms with Gasteiger partial charge in [-0.3, -0.25) is 0 Å². The molecule has 4 heteroatoms. The second kappa shape index (κ2) is 11.5. The smallest absolute Gasteiger partial charge is 0.137 e. The summed E-state index contributed by atoms with van der Waals surface area (Å²) in [6, 6.07) is 17.2. The van der Waals surface area contributed by atoms with Crippen molar-refractivity contribution in [1.29, 1.82) is 0 Å². The second-order valence-electron chi connectivity index (χ2n) is 10.4. The first-order valence-corrected chi connectivity index (χ1v) is 11.8. The van der Waals surface area contributed by atoms with Crippen LogP contribution in [0.15, 0.2) is 48.5 Å². The number of quaternary nitrogens is 2. The molecule has 0 N–H and O–H groups in total. The van der Waals surface area contributed by atoms with Crippen LogP contribution < -0.4 is 9.47 Å². The molecule has 32 heavy (non-hydrogen) atoms. The molecule has 0 spiro atoms. The lowest BCUT2D eigenvalue weighted by atomic mass is 9.91. The van der Waals surface area contributed by atoms with Gasteiger partial charge in [-0.15, -0.1) is 0 Å². The van der Waals surface area contributed by atoms with Gasteiger partial charge in [0.05, 0.1) is 42.3 Å². The molecule has 0 amide bonds. The Kier molecular flexibility index (Phi) is 9.35. The number of benzene rings is 2.